The number of carbonyl (C=O) groups is 1. The highest BCUT2D eigenvalue weighted by atomic mass is 79.9. The van der Waals surface area contributed by atoms with Crippen molar-refractivity contribution in [2.75, 3.05) is 0 Å². The molecule has 2 aromatic rings. The van der Waals surface area contributed by atoms with Crippen LogP contribution in [0.25, 0.3) is 0 Å². The maximum absolute atomic E-state index is 12.2. The third-order valence-electron chi connectivity index (χ3n) is 2.95. The van der Waals surface area contributed by atoms with Crippen LogP contribution in [-0.4, -0.2) is 10.9 Å². The molecule has 0 aliphatic rings. The minimum Gasteiger partial charge on any atom is -0.342 e. The van der Waals surface area contributed by atoms with Gasteiger partial charge in [-0.2, -0.15) is 0 Å². The van der Waals surface area contributed by atoms with Crippen LogP contribution in [0.5, 0.6) is 0 Å². The van der Waals surface area contributed by atoms with E-state index in [2.05, 4.69) is 26.2 Å². The number of aromatic nitrogens is 1. The predicted molar refractivity (Wildman–Crippen MR) is 91.9 cm³/mol. The molecule has 3 N–H and O–H groups in total. The summed E-state index contributed by atoms with van der Waals surface area (Å²) >= 11 is 4.80. The van der Waals surface area contributed by atoms with Crippen molar-refractivity contribution in [2.24, 2.45) is 5.73 Å². The quantitative estimate of drug-likeness (QED) is 0.840. The molecule has 0 fully saturated rings. The Morgan fingerprint density at radius 3 is 2.52 bits per heavy atom. The molecule has 2 rings (SSSR count). The Morgan fingerprint density at radius 1 is 1.38 bits per heavy atom. The second-order valence-corrected chi connectivity index (χ2v) is 6.77. The van der Waals surface area contributed by atoms with Gasteiger partial charge in [0.1, 0.15) is 10.7 Å². The maximum Gasteiger partial charge on any atom is 0.271 e. The molecular weight excluding hydrogens is 374 g/mol. The van der Waals surface area contributed by atoms with Crippen LogP contribution in [0.3, 0.4) is 0 Å². The number of nitrogens with one attached hydrogen (secondary N) is 1. The Kier molecular flexibility index (Phi) is 6.34. The van der Waals surface area contributed by atoms with E-state index in [1.807, 2.05) is 38.1 Å². The van der Waals surface area contributed by atoms with Gasteiger partial charge < -0.3 is 11.1 Å². The summed E-state index contributed by atoms with van der Waals surface area (Å²) in [6, 6.07) is 7.88. The van der Waals surface area contributed by atoms with Gasteiger partial charge in [-0.15, -0.1) is 23.7 Å². The van der Waals surface area contributed by atoms with Gasteiger partial charge in [-0.25, -0.2) is 4.98 Å². The van der Waals surface area contributed by atoms with Crippen molar-refractivity contribution in [2.45, 2.75) is 25.9 Å². The molecule has 21 heavy (non-hydrogen) atoms. The maximum atomic E-state index is 12.2. The molecule has 0 radical (unpaired) electrons. The first-order chi connectivity index (χ1) is 9.42. The summed E-state index contributed by atoms with van der Waals surface area (Å²) in [6.45, 7) is 4.28. The number of amides is 1. The van der Waals surface area contributed by atoms with E-state index in [4.69, 9.17) is 5.73 Å². The van der Waals surface area contributed by atoms with Gasteiger partial charge in [0.25, 0.3) is 5.91 Å². The minimum atomic E-state index is -0.468. The molecule has 1 aromatic heterocycles. The standard InChI is InChI=1S/C14H16BrN3OS.ClH/c1-14(2,9-3-5-10(15)6-4-9)18-13(19)11-8-20-12(7-16)17-11;/h3-6,8H,7,16H2,1-2H3,(H,18,19);1H. The summed E-state index contributed by atoms with van der Waals surface area (Å²) in [5.41, 5.74) is 6.49. The molecule has 0 bridgehead atoms. The lowest BCUT2D eigenvalue weighted by Gasteiger charge is -2.26. The van der Waals surface area contributed by atoms with Crippen LogP contribution in [0, 0.1) is 0 Å². The summed E-state index contributed by atoms with van der Waals surface area (Å²) in [5.74, 6) is -0.186. The van der Waals surface area contributed by atoms with Gasteiger partial charge in [0.15, 0.2) is 0 Å². The average Bonchev–Trinajstić information content (AvgIpc) is 2.87. The molecule has 1 aromatic carbocycles. The summed E-state index contributed by atoms with van der Waals surface area (Å²) < 4.78 is 1.01. The number of halogens is 2. The van der Waals surface area contributed by atoms with Gasteiger partial charge >= 0.3 is 0 Å². The first kappa shape index (κ1) is 18.1. The summed E-state index contributed by atoms with van der Waals surface area (Å²) in [6.07, 6.45) is 0. The minimum absolute atomic E-state index is 0. The molecule has 114 valence electrons. The number of nitrogens with zero attached hydrogens (tertiary/aromatic N) is 1. The zero-order chi connectivity index (χ0) is 14.8. The number of thiazole rings is 1. The first-order valence-corrected chi connectivity index (χ1v) is 7.82. The molecule has 0 aliphatic carbocycles. The number of carbonyl (C=O) groups excluding carboxylic acids is 1. The SMILES string of the molecule is CC(C)(NC(=O)c1csc(CN)n1)c1ccc(Br)cc1.Cl. The highest BCUT2D eigenvalue weighted by Gasteiger charge is 2.24. The first-order valence-electron chi connectivity index (χ1n) is 6.15. The lowest BCUT2D eigenvalue weighted by atomic mass is 9.94. The van der Waals surface area contributed by atoms with Crippen LogP contribution in [0.4, 0.5) is 0 Å². The van der Waals surface area contributed by atoms with E-state index in [1.54, 1.807) is 5.38 Å². The van der Waals surface area contributed by atoms with Crippen molar-refractivity contribution < 1.29 is 4.79 Å². The summed E-state index contributed by atoms with van der Waals surface area (Å²) in [5, 5.41) is 5.49. The lowest BCUT2D eigenvalue weighted by Crippen LogP contribution is -2.41. The molecule has 0 aliphatic heterocycles. The molecule has 0 saturated heterocycles. The van der Waals surface area contributed by atoms with Crippen LogP contribution in [0.1, 0.15) is 34.9 Å². The fourth-order valence-corrected chi connectivity index (χ4v) is 2.71. The van der Waals surface area contributed by atoms with E-state index in [1.165, 1.54) is 11.3 Å². The van der Waals surface area contributed by atoms with E-state index in [0.717, 1.165) is 15.0 Å². The summed E-state index contributed by atoms with van der Waals surface area (Å²) in [7, 11) is 0. The van der Waals surface area contributed by atoms with Gasteiger partial charge in [-0.1, -0.05) is 28.1 Å². The van der Waals surface area contributed by atoms with Crippen LogP contribution in [0.15, 0.2) is 34.1 Å². The molecule has 7 heteroatoms. The van der Waals surface area contributed by atoms with Gasteiger partial charge in [0, 0.05) is 16.4 Å². The fourth-order valence-electron chi connectivity index (χ4n) is 1.80. The number of hydrogen-bond donors (Lipinski definition) is 2. The van der Waals surface area contributed by atoms with E-state index in [-0.39, 0.29) is 18.3 Å². The van der Waals surface area contributed by atoms with Crippen LogP contribution >= 0.6 is 39.7 Å². The number of rotatable bonds is 4. The third-order valence-corrected chi connectivity index (χ3v) is 4.35. The van der Waals surface area contributed by atoms with Crippen molar-refractivity contribution in [1.29, 1.82) is 0 Å². The third kappa shape index (κ3) is 4.51. The van der Waals surface area contributed by atoms with Crippen LogP contribution in [-0.2, 0) is 12.1 Å². The molecule has 1 heterocycles. The average molecular weight is 391 g/mol. The van der Waals surface area contributed by atoms with Gasteiger partial charge in [-0.3, -0.25) is 4.79 Å². The Balaban J connectivity index is 0.00000220. The van der Waals surface area contributed by atoms with E-state index >= 15 is 0 Å². The predicted octanol–water partition coefficient (Wildman–Crippen LogP) is 3.45. The number of nitrogens with two attached hydrogens (primary N) is 1. The van der Waals surface area contributed by atoms with Crippen molar-refractivity contribution in [1.82, 2.24) is 10.3 Å². The zero-order valence-electron chi connectivity index (χ0n) is 11.7. The van der Waals surface area contributed by atoms with E-state index in [0.29, 0.717) is 12.2 Å². The molecule has 0 unspecified atom stereocenters. The largest absolute Gasteiger partial charge is 0.342 e. The number of benzene rings is 1. The fraction of sp³-hybridized carbons (Fsp3) is 0.286. The van der Waals surface area contributed by atoms with Gasteiger partial charge in [0.05, 0.1) is 5.54 Å². The van der Waals surface area contributed by atoms with Gasteiger partial charge in [0.2, 0.25) is 0 Å². The normalized spacial score (nSPS) is 10.9. The smallest absolute Gasteiger partial charge is 0.271 e. The molecule has 0 spiro atoms. The van der Waals surface area contributed by atoms with E-state index in [9.17, 15) is 4.79 Å². The molecule has 4 nitrogen and oxygen atoms in total. The Bertz CT molecular complexity index is 613. The Labute approximate surface area is 142 Å². The van der Waals surface area contributed by atoms with Crippen molar-refractivity contribution in [3.05, 3.63) is 50.4 Å². The van der Waals surface area contributed by atoms with E-state index < -0.39 is 5.54 Å². The number of hydrogen-bond acceptors (Lipinski definition) is 4. The Morgan fingerprint density at radius 2 is 2.00 bits per heavy atom. The van der Waals surface area contributed by atoms with Gasteiger partial charge in [-0.05, 0) is 31.5 Å². The highest BCUT2D eigenvalue weighted by Crippen LogP contribution is 2.23. The molecule has 1 amide bonds. The lowest BCUT2D eigenvalue weighted by molar-refractivity contribution is 0.0907. The van der Waals surface area contributed by atoms with Crippen molar-refractivity contribution in [3.8, 4) is 0 Å². The van der Waals surface area contributed by atoms with Crippen molar-refractivity contribution >= 4 is 45.6 Å². The van der Waals surface area contributed by atoms with Crippen LogP contribution < -0.4 is 11.1 Å². The molecule has 0 atom stereocenters. The monoisotopic (exact) mass is 389 g/mol. The highest BCUT2D eigenvalue weighted by molar-refractivity contribution is 9.10. The zero-order valence-corrected chi connectivity index (χ0v) is 14.9. The second kappa shape index (κ2) is 7.35. The second-order valence-electron chi connectivity index (χ2n) is 4.92. The summed E-state index contributed by atoms with van der Waals surface area (Å²) in [4.78, 5) is 16.4. The Hall–Kier alpha value is -0.950. The molecule has 0 saturated carbocycles. The molecular formula is C14H17BrClN3OS. The van der Waals surface area contributed by atoms with Crippen molar-refractivity contribution in [3.63, 3.8) is 0 Å². The topological polar surface area (TPSA) is 68.0 Å². The van der Waals surface area contributed by atoms with Crippen LogP contribution in [0.2, 0.25) is 0 Å².